The number of carbonyl (C=O) groups is 2. The molecule has 4 rings (SSSR count). The van der Waals surface area contributed by atoms with Crippen LogP contribution in [0.25, 0.3) is 0 Å². The number of anilines is 2. The van der Waals surface area contributed by atoms with E-state index in [-0.39, 0.29) is 24.5 Å². The zero-order valence-corrected chi connectivity index (χ0v) is 19.8. The molecule has 1 aliphatic heterocycles. The normalized spacial score (nSPS) is 13.9. The van der Waals surface area contributed by atoms with Gasteiger partial charge in [-0.3, -0.25) is 10.1 Å². The summed E-state index contributed by atoms with van der Waals surface area (Å²) in [6.45, 7) is 2.97. The Bertz CT molecular complexity index is 1260. The quantitative estimate of drug-likeness (QED) is 0.520. The lowest BCUT2D eigenvalue weighted by Crippen LogP contribution is -2.49. The lowest BCUT2D eigenvalue weighted by molar-refractivity contribution is -0.138. The van der Waals surface area contributed by atoms with E-state index in [9.17, 15) is 22.8 Å². The molecule has 0 radical (unpaired) electrons. The minimum atomic E-state index is -4.61. The van der Waals surface area contributed by atoms with Crippen molar-refractivity contribution in [3.63, 3.8) is 0 Å². The molecule has 1 N–H and O–H groups in total. The zero-order valence-electron chi connectivity index (χ0n) is 19.1. The molecule has 0 aliphatic carbocycles. The average Bonchev–Trinajstić information content (AvgIpc) is 2.86. The van der Waals surface area contributed by atoms with Crippen molar-refractivity contribution in [3.8, 4) is 5.88 Å². The van der Waals surface area contributed by atoms with Gasteiger partial charge in [0.1, 0.15) is 0 Å². The first-order valence-electron chi connectivity index (χ1n) is 10.9. The molecule has 0 bridgehead atoms. The fourth-order valence-corrected chi connectivity index (χ4v) is 3.85. The lowest BCUT2D eigenvalue weighted by Gasteiger charge is -2.35. The predicted molar refractivity (Wildman–Crippen MR) is 127 cm³/mol. The van der Waals surface area contributed by atoms with Gasteiger partial charge in [0.05, 0.1) is 11.1 Å². The van der Waals surface area contributed by atoms with Crippen LogP contribution in [0.2, 0.25) is 5.02 Å². The third-order valence-corrected chi connectivity index (χ3v) is 6.00. The van der Waals surface area contributed by atoms with Gasteiger partial charge in [-0.05, 0) is 42.8 Å². The molecule has 2 amide bonds. The van der Waals surface area contributed by atoms with E-state index >= 15 is 0 Å². The highest BCUT2D eigenvalue weighted by atomic mass is 35.5. The van der Waals surface area contributed by atoms with E-state index in [0.29, 0.717) is 29.6 Å². The van der Waals surface area contributed by atoms with E-state index in [0.717, 1.165) is 11.6 Å². The minimum Gasteiger partial charge on any atom is -0.389 e. The number of halogens is 4. The van der Waals surface area contributed by atoms with Crippen LogP contribution in [0.1, 0.15) is 21.5 Å². The number of benzene rings is 2. The summed E-state index contributed by atoms with van der Waals surface area (Å²) < 4.78 is 45.0. The monoisotopic (exact) mass is 519 g/mol. The number of amides is 2. The lowest BCUT2D eigenvalue weighted by atomic mass is 10.1. The van der Waals surface area contributed by atoms with E-state index in [1.165, 1.54) is 29.2 Å². The number of carbonyl (C=O) groups excluding carboxylic acids is 2. The highest BCUT2D eigenvalue weighted by molar-refractivity contribution is 6.31. The number of ether oxygens (including phenoxy) is 1. The number of hydrogen-bond acceptors (Lipinski definition) is 6. The van der Waals surface area contributed by atoms with Crippen LogP contribution in [0, 0.1) is 6.92 Å². The van der Waals surface area contributed by atoms with Crippen molar-refractivity contribution in [2.75, 3.05) is 36.4 Å². The van der Waals surface area contributed by atoms with Gasteiger partial charge in [-0.25, -0.2) is 4.79 Å². The van der Waals surface area contributed by atoms with Crippen LogP contribution in [-0.2, 0) is 6.18 Å². The van der Waals surface area contributed by atoms with Crippen molar-refractivity contribution in [1.82, 2.24) is 15.1 Å². The molecule has 0 spiro atoms. The standard InChI is InChI=1S/C24H21ClF3N5O3/c1-15-6-7-16(14-19(15)25)29-23(35)36-21-9-8-20(30-31-21)32-10-12-33(13-11-32)22(34)17-4-2-3-5-18(17)24(26,27)28/h2-9,14H,10-13H2,1H3,(H,29,35). The van der Waals surface area contributed by atoms with Gasteiger partial charge in [-0.2, -0.15) is 13.2 Å². The van der Waals surface area contributed by atoms with E-state index in [1.54, 1.807) is 24.3 Å². The Labute approximate surface area is 209 Å². The van der Waals surface area contributed by atoms with Crippen LogP contribution < -0.4 is 15.0 Å². The van der Waals surface area contributed by atoms with Crippen LogP contribution >= 0.6 is 11.6 Å². The third kappa shape index (κ3) is 5.85. The maximum Gasteiger partial charge on any atom is 0.418 e. The Morgan fingerprint density at radius 2 is 1.72 bits per heavy atom. The molecule has 1 saturated heterocycles. The van der Waals surface area contributed by atoms with Crippen molar-refractivity contribution in [2.24, 2.45) is 0 Å². The maximum atomic E-state index is 13.3. The topological polar surface area (TPSA) is 87.7 Å². The fourth-order valence-electron chi connectivity index (χ4n) is 3.67. The van der Waals surface area contributed by atoms with Crippen LogP contribution in [0.5, 0.6) is 5.88 Å². The van der Waals surface area contributed by atoms with Crippen LogP contribution in [-0.4, -0.2) is 53.3 Å². The largest absolute Gasteiger partial charge is 0.418 e. The molecule has 36 heavy (non-hydrogen) atoms. The average molecular weight is 520 g/mol. The highest BCUT2D eigenvalue weighted by Crippen LogP contribution is 2.32. The second kappa shape index (κ2) is 10.4. The van der Waals surface area contributed by atoms with Crippen LogP contribution in [0.4, 0.5) is 29.5 Å². The number of alkyl halides is 3. The Morgan fingerprint density at radius 3 is 2.36 bits per heavy atom. The van der Waals surface area contributed by atoms with Crippen molar-refractivity contribution < 1.29 is 27.5 Å². The zero-order chi connectivity index (χ0) is 25.9. The van der Waals surface area contributed by atoms with Gasteiger partial charge in [0.15, 0.2) is 5.82 Å². The van der Waals surface area contributed by atoms with Gasteiger partial charge in [-0.1, -0.05) is 29.8 Å². The van der Waals surface area contributed by atoms with Gasteiger partial charge in [0.25, 0.3) is 5.91 Å². The Kier molecular flexibility index (Phi) is 7.30. The fraction of sp³-hybridized carbons (Fsp3) is 0.250. The molecule has 188 valence electrons. The summed E-state index contributed by atoms with van der Waals surface area (Å²) in [4.78, 5) is 28.1. The van der Waals surface area contributed by atoms with E-state index in [4.69, 9.17) is 16.3 Å². The van der Waals surface area contributed by atoms with Crippen molar-refractivity contribution >= 4 is 35.1 Å². The number of rotatable bonds is 4. The summed E-state index contributed by atoms with van der Waals surface area (Å²) >= 11 is 6.05. The first-order valence-corrected chi connectivity index (χ1v) is 11.3. The number of aryl methyl sites for hydroxylation is 1. The molecule has 0 unspecified atom stereocenters. The van der Waals surface area contributed by atoms with Crippen molar-refractivity contribution in [2.45, 2.75) is 13.1 Å². The van der Waals surface area contributed by atoms with Crippen molar-refractivity contribution in [3.05, 3.63) is 76.3 Å². The van der Waals surface area contributed by atoms with E-state index in [2.05, 4.69) is 15.5 Å². The molecule has 1 fully saturated rings. The summed E-state index contributed by atoms with van der Waals surface area (Å²) in [6.07, 6.45) is -5.37. The number of nitrogens with one attached hydrogen (secondary N) is 1. The van der Waals surface area contributed by atoms with E-state index in [1.807, 2.05) is 11.8 Å². The number of nitrogens with zero attached hydrogens (tertiary/aromatic N) is 4. The summed E-state index contributed by atoms with van der Waals surface area (Å²) in [5.41, 5.74) is 0.0122. The number of aromatic nitrogens is 2. The molecule has 0 saturated carbocycles. The summed E-state index contributed by atoms with van der Waals surface area (Å²) in [6, 6.07) is 12.9. The molecular formula is C24H21ClF3N5O3. The second-order valence-electron chi connectivity index (χ2n) is 8.03. The van der Waals surface area contributed by atoms with Gasteiger partial charge in [-0.15, -0.1) is 10.2 Å². The molecular weight excluding hydrogens is 499 g/mol. The Hall–Kier alpha value is -3.86. The predicted octanol–water partition coefficient (Wildman–Crippen LogP) is 5.03. The van der Waals surface area contributed by atoms with Crippen LogP contribution in [0.3, 0.4) is 0 Å². The Morgan fingerprint density at radius 1 is 1.00 bits per heavy atom. The summed E-state index contributed by atoms with van der Waals surface area (Å²) in [5, 5.41) is 11.0. The molecule has 1 aromatic heterocycles. The van der Waals surface area contributed by atoms with E-state index < -0.39 is 23.7 Å². The maximum absolute atomic E-state index is 13.3. The molecule has 12 heteroatoms. The molecule has 2 aromatic carbocycles. The molecule has 0 atom stereocenters. The van der Waals surface area contributed by atoms with Crippen molar-refractivity contribution in [1.29, 1.82) is 0 Å². The summed E-state index contributed by atoms with van der Waals surface area (Å²) in [5.74, 6) is -0.207. The molecule has 1 aliphatic rings. The molecule has 8 nitrogen and oxygen atoms in total. The Balaban J connectivity index is 1.33. The number of piperazine rings is 1. The van der Waals surface area contributed by atoms with Gasteiger partial charge in [0, 0.05) is 43.0 Å². The summed E-state index contributed by atoms with van der Waals surface area (Å²) in [7, 11) is 0. The third-order valence-electron chi connectivity index (χ3n) is 5.60. The number of hydrogen-bond donors (Lipinski definition) is 1. The van der Waals surface area contributed by atoms with Gasteiger partial charge in [0.2, 0.25) is 5.88 Å². The van der Waals surface area contributed by atoms with Gasteiger partial charge >= 0.3 is 12.3 Å². The van der Waals surface area contributed by atoms with Crippen LogP contribution in [0.15, 0.2) is 54.6 Å². The SMILES string of the molecule is Cc1ccc(NC(=O)Oc2ccc(N3CCN(C(=O)c4ccccc4C(F)(F)F)CC3)nn2)cc1Cl. The second-order valence-corrected chi connectivity index (χ2v) is 8.44. The molecule has 2 heterocycles. The first-order chi connectivity index (χ1) is 17.1. The van der Waals surface area contributed by atoms with Gasteiger partial charge < -0.3 is 14.5 Å². The molecule has 3 aromatic rings. The smallest absolute Gasteiger partial charge is 0.389 e. The highest BCUT2D eigenvalue weighted by Gasteiger charge is 2.36. The minimum absolute atomic E-state index is 0.0213. The first kappa shape index (κ1) is 25.2.